The Morgan fingerprint density at radius 2 is 1.81 bits per heavy atom. The Kier molecular flexibility index (Phi) is 5.39. The summed E-state index contributed by atoms with van der Waals surface area (Å²) in [5.74, 6) is -1.11. The van der Waals surface area contributed by atoms with Gasteiger partial charge in [0.1, 0.15) is 11.6 Å². The Hall–Kier alpha value is -3.25. The Morgan fingerprint density at radius 1 is 0.938 bits per heavy atom. The molecule has 4 aromatic rings. The van der Waals surface area contributed by atoms with Gasteiger partial charge in [-0.05, 0) is 74.7 Å². The second kappa shape index (κ2) is 8.36. The van der Waals surface area contributed by atoms with Crippen LogP contribution >= 0.6 is 0 Å². The molecule has 0 aliphatic carbocycles. The van der Waals surface area contributed by atoms with Crippen molar-refractivity contribution in [3.05, 3.63) is 89.0 Å². The fourth-order valence-corrected chi connectivity index (χ4v) is 4.41. The standard InChI is InChI=1S/C26H23F2N3O/c1-15-3-5-21-24(30-15)14-23(31-26(21)20-6-4-19(27)13-22(20)28)17-8-10-32-25(12-17)18-7-9-29-16(2)11-18/h3-7,9,11,13-14,17,25H,8,10,12H2,1-2H3. The Morgan fingerprint density at radius 3 is 2.62 bits per heavy atom. The van der Waals surface area contributed by atoms with E-state index in [1.54, 1.807) is 6.20 Å². The van der Waals surface area contributed by atoms with Gasteiger partial charge in [-0.1, -0.05) is 0 Å². The van der Waals surface area contributed by atoms with E-state index in [9.17, 15) is 8.78 Å². The van der Waals surface area contributed by atoms with Crippen molar-refractivity contribution in [3.8, 4) is 11.3 Å². The highest BCUT2D eigenvalue weighted by atomic mass is 19.1. The fourth-order valence-electron chi connectivity index (χ4n) is 4.41. The van der Waals surface area contributed by atoms with Crippen LogP contribution in [0, 0.1) is 25.5 Å². The van der Waals surface area contributed by atoms with Crippen molar-refractivity contribution < 1.29 is 13.5 Å². The molecule has 6 heteroatoms. The molecule has 1 fully saturated rings. The summed E-state index contributed by atoms with van der Waals surface area (Å²) in [7, 11) is 0. The van der Waals surface area contributed by atoms with E-state index < -0.39 is 11.6 Å². The van der Waals surface area contributed by atoms with Gasteiger partial charge in [0.25, 0.3) is 0 Å². The fraction of sp³-hybridized carbons (Fsp3) is 0.269. The third-order valence-corrected chi connectivity index (χ3v) is 6.03. The number of hydrogen-bond donors (Lipinski definition) is 0. The third kappa shape index (κ3) is 3.98. The van der Waals surface area contributed by atoms with E-state index in [2.05, 4.69) is 9.97 Å². The molecule has 4 nitrogen and oxygen atoms in total. The van der Waals surface area contributed by atoms with Crippen molar-refractivity contribution in [2.45, 2.75) is 38.7 Å². The summed E-state index contributed by atoms with van der Waals surface area (Å²) in [6.45, 7) is 4.50. The lowest BCUT2D eigenvalue weighted by molar-refractivity contribution is 0.00460. The van der Waals surface area contributed by atoms with Crippen LogP contribution in [0.1, 0.15) is 47.5 Å². The lowest BCUT2D eigenvalue weighted by Gasteiger charge is -2.30. The van der Waals surface area contributed by atoms with E-state index in [4.69, 9.17) is 9.72 Å². The molecule has 0 N–H and O–H groups in total. The molecule has 1 aliphatic heterocycles. The molecule has 0 radical (unpaired) electrons. The van der Waals surface area contributed by atoms with Crippen LogP contribution in [0.2, 0.25) is 0 Å². The van der Waals surface area contributed by atoms with Crippen molar-refractivity contribution in [3.63, 3.8) is 0 Å². The first-order valence-electron chi connectivity index (χ1n) is 10.8. The van der Waals surface area contributed by atoms with E-state index in [0.717, 1.165) is 52.5 Å². The molecule has 2 atom stereocenters. The first kappa shape index (κ1) is 20.6. The number of ether oxygens (including phenoxy) is 1. The van der Waals surface area contributed by atoms with Crippen molar-refractivity contribution in [1.82, 2.24) is 15.0 Å². The minimum Gasteiger partial charge on any atom is -0.373 e. The van der Waals surface area contributed by atoms with Crippen LogP contribution in [0.4, 0.5) is 8.78 Å². The van der Waals surface area contributed by atoms with Crippen molar-refractivity contribution >= 4 is 10.9 Å². The Balaban J connectivity index is 1.59. The minimum absolute atomic E-state index is 0.0515. The molecule has 2 unspecified atom stereocenters. The van der Waals surface area contributed by atoms with E-state index in [0.29, 0.717) is 12.3 Å². The number of pyridine rings is 3. The zero-order valence-electron chi connectivity index (χ0n) is 18.0. The van der Waals surface area contributed by atoms with Gasteiger partial charge in [-0.2, -0.15) is 0 Å². The van der Waals surface area contributed by atoms with E-state index >= 15 is 0 Å². The van der Waals surface area contributed by atoms with Crippen molar-refractivity contribution in [2.24, 2.45) is 0 Å². The number of fused-ring (bicyclic) bond motifs is 1. The van der Waals surface area contributed by atoms with E-state index in [1.165, 1.54) is 12.1 Å². The summed E-state index contributed by atoms with van der Waals surface area (Å²) >= 11 is 0. The molecular weight excluding hydrogens is 408 g/mol. The van der Waals surface area contributed by atoms with Gasteiger partial charge < -0.3 is 4.74 Å². The molecule has 1 saturated heterocycles. The summed E-state index contributed by atoms with van der Waals surface area (Å²) in [5, 5.41) is 0.748. The summed E-state index contributed by atoms with van der Waals surface area (Å²) < 4.78 is 34.3. The minimum atomic E-state index is -0.631. The zero-order chi connectivity index (χ0) is 22.2. The predicted octanol–water partition coefficient (Wildman–Crippen LogP) is 6.22. The summed E-state index contributed by atoms with van der Waals surface area (Å²) in [6.07, 6.45) is 3.33. The number of nitrogens with zero attached hydrogens (tertiary/aromatic N) is 3. The highest BCUT2D eigenvalue weighted by molar-refractivity contribution is 5.93. The Labute approximate surface area is 185 Å². The molecule has 0 spiro atoms. The van der Waals surface area contributed by atoms with Gasteiger partial charge in [0.15, 0.2) is 0 Å². The summed E-state index contributed by atoms with van der Waals surface area (Å²) in [6, 6.07) is 13.4. The van der Waals surface area contributed by atoms with Gasteiger partial charge in [-0.3, -0.25) is 15.0 Å². The maximum atomic E-state index is 14.7. The normalized spacial score (nSPS) is 18.8. The van der Waals surface area contributed by atoms with Crippen LogP contribution in [0.5, 0.6) is 0 Å². The number of aryl methyl sites for hydroxylation is 2. The molecule has 0 bridgehead atoms. The predicted molar refractivity (Wildman–Crippen MR) is 119 cm³/mol. The second-order valence-electron chi connectivity index (χ2n) is 8.35. The topological polar surface area (TPSA) is 47.9 Å². The van der Waals surface area contributed by atoms with Gasteiger partial charge >= 0.3 is 0 Å². The van der Waals surface area contributed by atoms with Gasteiger partial charge in [0.05, 0.1) is 17.3 Å². The molecule has 0 amide bonds. The molecule has 3 aromatic heterocycles. The average Bonchev–Trinajstić information content (AvgIpc) is 2.78. The molecule has 0 saturated carbocycles. The monoisotopic (exact) mass is 431 g/mol. The number of halogens is 2. The number of aromatic nitrogens is 3. The van der Waals surface area contributed by atoms with Crippen LogP contribution in [0.15, 0.2) is 54.7 Å². The number of hydrogen-bond acceptors (Lipinski definition) is 4. The highest BCUT2D eigenvalue weighted by Gasteiger charge is 2.27. The van der Waals surface area contributed by atoms with Crippen LogP contribution < -0.4 is 0 Å². The lowest BCUT2D eigenvalue weighted by Crippen LogP contribution is -2.20. The smallest absolute Gasteiger partial charge is 0.135 e. The van der Waals surface area contributed by atoms with Crippen molar-refractivity contribution in [1.29, 1.82) is 0 Å². The molecule has 5 rings (SSSR count). The first-order valence-corrected chi connectivity index (χ1v) is 10.8. The van der Waals surface area contributed by atoms with Gasteiger partial charge in [0, 0.05) is 52.8 Å². The van der Waals surface area contributed by atoms with Crippen LogP contribution in [-0.4, -0.2) is 21.6 Å². The molecule has 4 heterocycles. The molecule has 1 aliphatic rings. The van der Waals surface area contributed by atoms with Crippen LogP contribution in [0.25, 0.3) is 22.2 Å². The molecule has 162 valence electrons. The third-order valence-electron chi connectivity index (χ3n) is 6.03. The van der Waals surface area contributed by atoms with E-state index in [1.807, 2.05) is 44.2 Å². The van der Waals surface area contributed by atoms with Gasteiger partial charge in [-0.25, -0.2) is 8.78 Å². The van der Waals surface area contributed by atoms with Gasteiger partial charge in [0.2, 0.25) is 0 Å². The number of benzene rings is 1. The largest absolute Gasteiger partial charge is 0.373 e. The number of rotatable bonds is 3. The van der Waals surface area contributed by atoms with Gasteiger partial charge in [-0.15, -0.1) is 0 Å². The summed E-state index contributed by atoms with van der Waals surface area (Å²) in [5.41, 5.74) is 5.30. The Bertz CT molecular complexity index is 1310. The zero-order valence-corrected chi connectivity index (χ0v) is 18.0. The molecule has 32 heavy (non-hydrogen) atoms. The second-order valence-corrected chi connectivity index (χ2v) is 8.35. The average molecular weight is 431 g/mol. The molecule has 1 aromatic carbocycles. The highest BCUT2D eigenvalue weighted by Crippen LogP contribution is 2.39. The van der Waals surface area contributed by atoms with Crippen LogP contribution in [-0.2, 0) is 4.74 Å². The van der Waals surface area contributed by atoms with E-state index in [-0.39, 0.29) is 17.6 Å². The van der Waals surface area contributed by atoms with Crippen molar-refractivity contribution in [2.75, 3.05) is 6.61 Å². The summed E-state index contributed by atoms with van der Waals surface area (Å²) in [4.78, 5) is 13.8. The maximum absolute atomic E-state index is 14.7. The quantitative estimate of drug-likeness (QED) is 0.386. The first-order chi connectivity index (χ1) is 15.5. The molecular formula is C26H23F2N3O. The van der Waals surface area contributed by atoms with Crippen LogP contribution in [0.3, 0.4) is 0 Å². The maximum Gasteiger partial charge on any atom is 0.135 e. The lowest BCUT2D eigenvalue weighted by atomic mass is 9.88. The SMILES string of the molecule is Cc1cc(C2CC(c3cc4nc(C)ccc4c(-c4ccc(F)cc4F)n3)CCO2)ccn1.